The first-order chi connectivity index (χ1) is 11.0. The Bertz CT molecular complexity index is 676. The van der Waals surface area contributed by atoms with E-state index >= 15 is 0 Å². The lowest BCUT2D eigenvalue weighted by molar-refractivity contribution is 0.0519. The van der Waals surface area contributed by atoms with E-state index in [0.717, 1.165) is 6.26 Å². The van der Waals surface area contributed by atoms with Gasteiger partial charge in [0.05, 0.1) is 12.7 Å². The molecule has 0 aliphatic heterocycles. The highest BCUT2D eigenvalue weighted by Gasteiger charge is 2.15. The summed E-state index contributed by atoms with van der Waals surface area (Å²) in [5, 5.41) is 2.47. The normalized spacial score (nSPS) is 10.4. The fourth-order valence-electron chi connectivity index (χ4n) is 1.76. The van der Waals surface area contributed by atoms with Crippen LogP contribution in [0.5, 0.6) is 5.75 Å². The van der Waals surface area contributed by atoms with Gasteiger partial charge in [0.15, 0.2) is 5.69 Å². The van der Waals surface area contributed by atoms with Crippen LogP contribution in [-0.4, -0.2) is 29.6 Å². The first-order valence-electron chi connectivity index (χ1n) is 7.20. The van der Waals surface area contributed by atoms with E-state index in [0.29, 0.717) is 11.3 Å². The van der Waals surface area contributed by atoms with Crippen molar-refractivity contribution in [2.24, 2.45) is 0 Å². The number of nitrogens with zero attached hydrogens (tertiary/aromatic N) is 1. The van der Waals surface area contributed by atoms with Gasteiger partial charge in [-0.15, -0.1) is 0 Å². The molecular weight excluding hydrogens is 300 g/mol. The lowest BCUT2D eigenvalue weighted by Gasteiger charge is -2.09. The number of hydrogen-bond donors (Lipinski definition) is 1. The number of carbonyl (C=O) groups is 2. The summed E-state index contributed by atoms with van der Waals surface area (Å²) in [6, 6.07) is 6.59. The number of benzene rings is 1. The van der Waals surface area contributed by atoms with E-state index in [1.807, 2.05) is 13.8 Å². The smallest absolute Gasteiger partial charge is 0.360 e. The van der Waals surface area contributed by atoms with Gasteiger partial charge in [0.2, 0.25) is 0 Å². The highest BCUT2D eigenvalue weighted by molar-refractivity contribution is 6.03. The van der Waals surface area contributed by atoms with Crippen molar-refractivity contribution in [2.45, 2.75) is 26.9 Å². The first kappa shape index (κ1) is 16.5. The van der Waals surface area contributed by atoms with Crippen LogP contribution in [0.1, 0.15) is 41.6 Å². The summed E-state index contributed by atoms with van der Waals surface area (Å²) in [4.78, 5) is 27.4. The van der Waals surface area contributed by atoms with Gasteiger partial charge < -0.3 is 13.9 Å². The molecule has 2 aromatic rings. The van der Waals surface area contributed by atoms with Crippen LogP contribution in [0.4, 0.5) is 6.01 Å². The number of ether oxygens (including phenoxy) is 2. The van der Waals surface area contributed by atoms with E-state index in [4.69, 9.17) is 13.9 Å². The van der Waals surface area contributed by atoms with Gasteiger partial charge in [-0.25, -0.2) is 4.79 Å². The maximum atomic E-state index is 12.1. The van der Waals surface area contributed by atoms with Crippen LogP contribution in [0.3, 0.4) is 0 Å². The molecule has 0 radical (unpaired) electrons. The largest absolute Gasteiger partial charge is 0.491 e. The Labute approximate surface area is 133 Å². The minimum Gasteiger partial charge on any atom is -0.491 e. The van der Waals surface area contributed by atoms with Crippen LogP contribution in [0.2, 0.25) is 0 Å². The van der Waals surface area contributed by atoms with E-state index in [9.17, 15) is 9.59 Å². The van der Waals surface area contributed by atoms with Crippen molar-refractivity contribution in [2.75, 3.05) is 11.9 Å². The molecule has 1 amide bonds. The lowest BCUT2D eigenvalue weighted by atomic mass is 10.2. The average Bonchev–Trinajstić information content (AvgIpc) is 2.96. The van der Waals surface area contributed by atoms with Crippen molar-refractivity contribution in [3.63, 3.8) is 0 Å². The van der Waals surface area contributed by atoms with Gasteiger partial charge in [0, 0.05) is 5.56 Å². The molecular formula is C16H18N2O5. The summed E-state index contributed by atoms with van der Waals surface area (Å²) in [6.07, 6.45) is 1.19. The quantitative estimate of drug-likeness (QED) is 0.824. The third kappa shape index (κ3) is 4.57. The number of rotatable bonds is 6. The van der Waals surface area contributed by atoms with Gasteiger partial charge >= 0.3 is 12.0 Å². The van der Waals surface area contributed by atoms with E-state index in [-0.39, 0.29) is 24.4 Å². The highest BCUT2D eigenvalue weighted by Crippen LogP contribution is 2.15. The molecule has 0 aliphatic rings. The zero-order valence-electron chi connectivity index (χ0n) is 13.2. The predicted octanol–water partition coefficient (Wildman–Crippen LogP) is 2.89. The molecule has 0 aliphatic carbocycles. The Morgan fingerprint density at radius 3 is 2.57 bits per heavy atom. The molecule has 2 rings (SSSR count). The minimum atomic E-state index is -0.605. The molecule has 1 N–H and O–H groups in total. The Hall–Kier alpha value is -2.83. The number of anilines is 1. The highest BCUT2D eigenvalue weighted by atomic mass is 16.5. The third-order valence-corrected chi connectivity index (χ3v) is 2.70. The van der Waals surface area contributed by atoms with Crippen LogP contribution in [0.15, 0.2) is 34.9 Å². The first-order valence-corrected chi connectivity index (χ1v) is 7.20. The molecule has 0 saturated carbocycles. The van der Waals surface area contributed by atoms with Crippen LogP contribution in [0.25, 0.3) is 0 Å². The molecule has 0 spiro atoms. The lowest BCUT2D eigenvalue weighted by Crippen LogP contribution is -2.13. The average molecular weight is 318 g/mol. The molecule has 1 aromatic heterocycles. The van der Waals surface area contributed by atoms with Crippen molar-refractivity contribution in [1.29, 1.82) is 0 Å². The van der Waals surface area contributed by atoms with Crippen molar-refractivity contribution in [1.82, 2.24) is 4.98 Å². The van der Waals surface area contributed by atoms with Gasteiger partial charge in [-0.05, 0) is 45.0 Å². The third-order valence-electron chi connectivity index (χ3n) is 2.70. The van der Waals surface area contributed by atoms with Crippen molar-refractivity contribution in [3.05, 3.63) is 41.8 Å². The molecule has 1 heterocycles. The zero-order valence-corrected chi connectivity index (χ0v) is 13.2. The Balaban J connectivity index is 2.00. The van der Waals surface area contributed by atoms with Crippen LogP contribution >= 0.6 is 0 Å². The number of carbonyl (C=O) groups excluding carboxylic acids is 2. The van der Waals surface area contributed by atoms with Crippen molar-refractivity contribution >= 4 is 17.9 Å². The van der Waals surface area contributed by atoms with Crippen molar-refractivity contribution in [3.8, 4) is 5.75 Å². The number of amides is 1. The summed E-state index contributed by atoms with van der Waals surface area (Å²) >= 11 is 0. The van der Waals surface area contributed by atoms with E-state index in [1.165, 1.54) is 0 Å². The summed E-state index contributed by atoms with van der Waals surface area (Å²) < 4.78 is 15.3. The Kier molecular flexibility index (Phi) is 5.35. The molecule has 0 unspecified atom stereocenters. The SMILES string of the molecule is CCOC(=O)c1coc(NC(=O)c2ccc(OC(C)C)cc2)n1. The topological polar surface area (TPSA) is 90.7 Å². The van der Waals surface area contributed by atoms with Crippen LogP contribution in [-0.2, 0) is 4.74 Å². The van der Waals surface area contributed by atoms with Gasteiger partial charge in [-0.2, -0.15) is 4.98 Å². The molecule has 7 heteroatoms. The Morgan fingerprint density at radius 2 is 1.96 bits per heavy atom. The van der Waals surface area contributed by atoms with Gasteiger partial charge in [0.25, 0.3) is 5.91 Å². The molecule has 0 bridgehead atoms. The molecule has 0 atom stereocenters. The predicted molar refractivity (Wildman–Crippen MR) is 82.6 cm³/mol. The molecule has 0 saturated heterocycles. The molecule has 122 valence electrons. The Morgan fingerprint density at radius 1 is 1.26 bits per heavy atom. The van der Waals surface area contributed by atoms with Crippen LogP contribution < -0.4 is 10.1 Å². The number of aromatic nitrogens is 1. The molecule has 0 fully saturated rings. The maximum absolute atomic E-state index is 12.1. The summed E-state index contributed by atoms with van der Waals surface area (Å²) in [5.41, 5.74) is 0.417. The summed E-state index contributed by atoms with van der Waals surface area (Å²) in [5.74, 6) is -0.331. The van der Waals surface area contributed by atoms with Gasteiger partial charge in [-0.1, -0.05) is 0 Å². The zero-order chi connectivity index (χ0) is 16.8. The summed E-state index contributed by atoms with van der Waals surface area (Å²) in [7, 11) is 0. The maximum Gasteiger partial charge on any atom is 0.360 e. The number of oxazole rings is 1. The van der Waals surface area contributed by atoms with E-state index in [2.05, 4.69) is 10.3 Å². The fourth-order valence-corrected chi connectivity index (χ4v) is 1.76. The van der Waals surface area contributed by atoms with Gasteiger partial charge in [-0.3, -0.25) is 10.1 Å². The van der Waals surface area contributed by atoms with Gasteiger partial charge in [0.1, 0.15) is 12.0 Å². The molecule has 23 heavy (non-hydrogen) atoms. The number of esters is 1. The second kappa shape index (κ2) is 7.44. The number of hydrogen-bond acceptors (Lipinski definition) is 6. The monoisotopic (exact) mass is 318 g/mol. The van der Waals surface area contributed by atoms with Crippen molar-refractivity contribution < 1.29 is 23.5 Å². The summed E-state index contributed by atoms with van der Waals surface area (Å²) in [6.45, 7) is 5.76. The van der Waals surface area contributed by atoms with E-state index in [1.54, 1.807) is 31.2 Å². The second-order valence-electron chi connectivity index (χ2n) is 4.90. The molecule has 7 nitrogen and oxygen atoms in total. The standard InChI is InChI=1S/C16H18N2O5/c1-4-21-15(20)13-9-22-16(17-13)18-14(19)11-5-7-12(8-6-11)23-10(2)3/h5-10H,4H2,1-3H3,(H,17,18,19). The molecule has 1 aromatic carbocycles. The fraction of sp³-hybridized carbons (Fsp3) is 0.312. The van der Waals surface area contributed by atoms with E-state index < -0.39 is 11.9 Å². The minimum absolute atomic E-state index is 0.00262. The van der Waals surface area contributed by atoms with Crippen LogP contribution in [0, 0.1) is 0 Å². The number of nitrogens with one attached hydrogen (secondary N) is 1. The second-order valence-corrected chi connectivity index (χ2v) is 4.90.